The summed E-state index contributed by atoms with van der Waals surface area (Å²) in [5.41, 5.74) is 1.81. The van der Waals surface area contributed by atoms with Crippen molar-refractivity contribution in [3.05, 3.63) is 57.0 Å². The van der Waals surface area contributed by atoms with Gasteiger partial charge in [0.15, 0.2) is 0 Å². The van der Waals surface area contributed by atoms with E-state index in [0.29, 0.717) is 5.75 Å². The molecule has 0 spiro atoms. The second kappa shape index (κ2) is 5.95. The lowest BCUT2D eigenvalue weighted by Gasteiger charge is -2.11. The van der Waals surface area contributed by atoms with Crippen molar-refractivity contribution in [3.63, 3.8) is 0 Å². The van der Waals surface area contributed by atoms with Crippen LogP contribution in [-0.2, 0) is 0 Å². The van der Waals surface area contributed by atoms with Gasteiger partial charge in [-0.25, -0.2) is 0 Å². The molecule has 0 saturated carbocycles. The van der Waals surface area contributed by atoms with E-state index in [9.17, 15) is 5.11 Å². The summed E-state index contributed by atoms with van der Waals surface area (Å²) < 4.78 is 6.60. The second-order valence-corrected chi connectivity index (χ2v) is 5.64. The van der Waals surface area contributed by atoms with Crippen molar-refractivity contribution in [1.82, 2.24) is 0 Å². The molecule has 4 heteroatoms. The fourth-order valence-electron chi connectivity index (χ4n) is 1.67. The number of hydrogen-bond donors (Lipinski definition) is 1. The molecule has 1 atom stereocenters. The van der Waals surface area contributed by atoms with Crippen LogP contribution in [0, 0.1) is 6.92 Å². The molecule has 0 bridgehead atoms. The van der Waals surface area contributed by atoms with Crippen molar-refractivity contribution in [1.29, 1.82) is 0 Å². The maximum Gasteiger partial charge on any atom is 0.141 e. The zero-order chi connectivity index (χ0) is 14.0. The van der Waals surface area contributed by atoms with E-state index in [2.05, 4.69) is 15.9 Å². The highest BCUT2D eigenvalue weighted by atomic mass is 79.9. The number of aryl methyl sites for hydroxylation is 1. The largest absolute Gasteiger partial charge is 0.456 e. The third kappa shape index (κ3) is 3.50. The predicted molar refractivity (Wildman–Crippen MR) is 81.0 cm³/mol. The van der Waals surface area contributed by atoms with Crippen molar-refractivity contribution in [2.75, 3.05) is 0 Å². The Bertz CT molecular complexity index is 597. The topological polar surface area (TPSA) is 29.5 Å². The van der Waals surface area contributed by atoms with Gasteiger partial charge in [0.2, 0.25) is 0 Å². The summed E-state index contributed by atoms with van der Waals surface area (Å²) in [6, 6.07) is 11.0. The van der Waals surface area contributed by atoms with Gasteiger partial charge < -0.3 is 9.84 Å². The average molecular weight is 342 g/mol. The Morgan fingerprint density at radius 3 is 2.53 bits per heavy atom. The summed E-state index contributed by atoms with van der Waals surface area (Å²) in [6.45, 7) is 3.66. The lowest BCUT2D eigenvalue weighted by Crippen LogP contribution is -1.92. The molecule has 0 amide bonds. The van der Waals surface area contributed by atoms with E-state index in [1.807, 2.05) is 43.3 Å². The highest BCUT2D eigenvalue weighted by molar-refractivity contribution is 9.10. The van der Waals surface area contributed by atoms with Crippen LogP contribution in [0.15, 0.2) is 40.9 Å². The Labute approximate surface area is 126 Å². The summed E-state index contributed by atoms with van der Waals surface area (Å²) in [7, 11) is 0. The molecule has 0 fully saturated rings. The molecular weight excluding hydrogens is 328 g/mol. The minimum atomic E-state index is -0.497. The van der Waals surface area contributed by atoms with Crippen LogP contribution in [-0.4, -0.2) is 5.11 Å². The number of halogens is 2. The van der Waals surface area contributed by atoms with Crippen LogP contribution in [0.3, 0.4) is 0 Å². The molecule has 0 aliphatic rings. The van der Waals surface area contributed by atoms with Crippen LogP contribution in [0.1, 0.15) is 24.2 Å². The third-order valence-corrected chi connectivity index (χ3v) is 3.84. The van der Waals surface area contributed by atoms with Crippen molar-refractivity contribution in [2.24, 2.45) is 0 Å². The van der Waals surface area contributed by atoms with Crippen molar-refractivity contribution in [2.45, 2.75) is 20.0 Å². The molecule has 0 aromatic heterocycles. The summed E-state index contributed by atoms with van der Waals surface area (Å²) in [4.78, 5) is 0. The molecule has 2 aromatic carbocycles. The van der Waals surface area contributed by atoms with E-state index in [-0.39, 0.29) is 0 Å². The Kier molecular flexibility index (Phi) is 4.50. The Morgan fingerprint density at radius 2 is 1.95 bits per heavy atom. The first-order valence-corrected chi connectivity index (χ1v) is 7.06. The molecule has 0 heterocycles. The van der Waals surface area contributed by atoms with Crippen molar-refractivity contribution < 1.29 is 9.84 Å². The standard InChI is InChI=1S/C15H14BrClO2/c1-9-7-12(4-5-14(9)17)19-15-6-3-11(10(2)18)8-13(15)16/h3-8,10,18H,1-2H3. The van der Waals surface area contributed by atoms with Gasteiger partial charge in [0.25, 0.3) is 0 Å². The third-order valence-electron chi connectivity index (χ3n) is 2.80. The molecule has 1 N–H and O–H groups in total. The zero-order valence-corrected chi connectivity index (χ0v) is 13.0. The summed E-state index contributed by atoms with van der Waals surface area (Å²) >= 11 is 9.42. The second-order valence-electron chi connectivity index (χ2n) is 4.38. The predicted octanol–water partition coefficient (Wildman–Crippen LogP) is 5.26. The summed E-state index contributed by atoms with van der Waals surface area (Å²) in [5, 5.41) is 10.2. The van der Waals surface area contributed by atoms with E-state index < -0.39 is 6.10 Å². The van der Waals surface area contributed by atoms with Crippen LogP contribution in [0.25, 0.3) is 0 Å². The molecular formula is C15H14BrClO2. The van der Waals surface area contributed by atoms with Gasteiger partial charge in [-0.3, -0.25) is 0 Å². The first-order chi connectivity index (χ1) is 8.97. The first-order valence-electron chi connectivity index (χ1n) is 5.89. The van der Waals surface area contributed by atoms with Gasteiger partial charge >= 0.3 is 0 Å². The number of aliphatic hydroxyl groups is 1. The first kappa shape index (κ1) is 14.4. The minimum absolute atomic E-state index is 0.497. The average Bonchev–Trinajstić information content (AvgIpc) is 2.36. The Morgan fingerprint density at radius 1 is 1.21 bits per heavy atom. The summed E-state index contributed by atoms with van der Waals surface area (Å²) in [6.07, 6.45) is -0.497. The van der Waals surface area contributed by atoms with E-state index in [1.165, 1.54) is 0 Å². The van der Waals surface area contributed by atoms with Gasteiger partial charge in [0, 0.05) is 5.02 Å². The molecule has 0 saturated heterocycles. The van der Waals surface area contributed by atoms with Crippen LogP contribution in [0.4, 0.5) is 0 Å². The van der Waals surface area contributed by atoms with E-state index in [4.69, 9.17) is 16.3 Å². The molecule has 2 nitrogen and oxygen atoms in total. The maximum absolute atomic E-state index is 9.52. The molecule has 2 aromatic rings. The maximum atomic E-state index is 9.52. The fourth-order valence-corrected chi connectivity index (χ4v) is 2.26. The normalized spacial score (nSPS) is 12.3. The molecule has 2 rings (SSSR count). The number of hydrogen-bond acceptors (Lipinski definition) is 2. The van der Waals surface area contributed by atoms with Gasteiger partial charge in [-0.05, 0) is 71.2 Å². The zero-order valence-electron chi connectivity index (χ0n) is 10.7. The molecule has 0 aliphatic carbocycles. The number of aliphatic hydroxyl groups excluding tert-OH is 1. The van der Waals surface area contributed by atoms with Gasteiger partial charge in [-0.15, -0.1) is 0 Å². The lowest BCUT2D eigenvalue weighted by atomic mass is 10.1. The minimum Gasteiger partial charge on any atom is -0.456 e. The molecule has 100 valence electrons. The number of benzene rings is 2. The van der Waals surface area contributed by atoms with Crippen molar-refractivity contribution in [3.8, 4) is 11.5 Å². The summed E-state index contributed by atoms with van der Waals surface area (Å²) in [5.74, 6) is 1.43. The smallest absolute Gasteiger partial charge is 0.141 e. The van der Waals surface area contributed by atoms with Crippen molar-refractivity contribution >= 4 is 27.5 Å². The van der Waals surface area contributed by atoms with Crippen LogP contribution < -0.4 is 4.74 Å². The van der Waals surface area contributed by atoms with Crippen LogP contribution in [0.5, 0.6) is 11.5 Å². The number of ether oxygens (including phenoxy) is 1. The number of rotatable bonds is 3. The lowest BCUT2D eigenvalue weighted by molar-refractivity contribution is 0.199. The Hall–Kier alpha value is -1.03. The molecule has 1 unspecified atom stereocenters. The SMILES string of the molecule is Cc1cc(Oc2ccc(C(C)O)cc2Br)ccc1Cl. The molecule has 0 aliphatic heterocycles. The quantitative estimate of drug-likeness (QED) is 0.825. The van der Waals surface area contributed by atoms with E-state index in [0.717, 1.165) is 26.4 Å². The Balaban J connectivity index is 2.25. The highest BCUT2D eigenvalue weighted by Gasteiger charge is 2.08. The van der Waals surface area contributed by atoms with Crippen LogP contribution >= 0.6 is 27.5 Å². The van der Waals surface area contributed by atoms with E-state index >= 15 is 0 Å². The van der Waals surface area contributed by atoms with Crippen LogP contribution in [0.2, 0.25) is 5.02 Å². The molecule has 0 radical (unpaired) electrons. The van der Waals surface area contributed by atoms with Gasteiger partial charge in [-0.2, -0.15) is 0 Å². The van der Waals surface area contributed by atoms with E-state index in [1.54, 1.807) is 6.92 Å². The van der Waals surface area contributed by atoms with Gasteiger partial charge in [0.1, 0.15) is 11.5 Å². The van der Waals surface area contributed by atoms with Gasteiger partial charge in [-0.1, -0.05) is 17.7 Å². The molecule has 19 heavy (non-hydrogen) atoms. The van der Waals surface area contributed by atoms with Gasteiger partial charge in [0.05, 0.1) is 10.6 Å². The fraction of sp³-hybridized carbons (Fsp3) is 0.200. The monoisotopic (exact) mass is 340 g/mol. The highest BCUT2D eigenvalue weighted by Crippen LogP contribution is 2.33.